The Labute approximate surface area is 189 Å². The molecule has 154 valence electrons. The zero-order valence-electron chi connectivity index (χ0n) is 16.8. The highest BCUT2D eigenvalue weighted by atomic mass is 127. The van der Waals surface area contributed by atoms with Gasteiger partial charge in [0, 0.05) is 30.4 Å². The van der Waals surface area contributed by atoms with Crippen molar-refractivity contribution in [3.63, 3.8) is 0 Å². The summed E-state index contributed by atoms with van der Waals surface area (Å²) < 4.78 is 7.35. The summed E-state index contributed by atoms with van der Waals surface area (Å²) in [5.74, 6) is 1.64. The molecule has 2 aromatic carbocycles. The van der Waals surface area contributed by atoms with Gasteiger partial charge in [0.15, 0.2) is 5.96 Å². The Bertz CT molecular complexity index is 895. The lowest BCUT2D eigenvalue weighted by Gasteiger charge is -2.13. The Hall–Kier alpha value is -2.55. The van der Waals surface area contributed by atoms with E-state index in [1.54, 1.807) is 7.11 Å². The minimum absolute atomic E-state index is 0. The average molecular weight is 505 g/mol. The van der Waals surface area contributed by atoms with E-state index in [1.807, 2.05) is 59.5 Å². The maximum Gasteiger partial charge on any atom is 0.191 e. The molecular formula is C22H28IN5O. The molecule has 6 nitrogen and oxygen atoms in total. The lowest BCUT2D eigenvalue weighted by Crippen LogP contribution is -2.36. The lowest BCUT2D eigenvalue weighted by molar-refractivity contribution is 0.409. The molecule has 0 unspecified atom stereocenters. The predicted octanol–water partition coefficient (Wildman–Crippen LogP) is 3.81. The van der Waals surface area contributed by atoms with E-state index in [0.29, 0.717) is 13.1 Å². The van der Waals surface area contributed by atoms with Crippen LogP contribution in [-0.2, 0) is 19.6 Å². The first kappa shape index (κ1) is 22.7. The van der Waals surface area contributed by atoms with Crippen molar-refractivity contribution in [3.8, 4) is 5.75 Å². The molecule has 3 rings (SSSR count). The van der Waals surface area contributed by atoms with E-state index < -0.39 is 0 Å². The first-order valence-electron chi connectivity index (χ1n) is 9.48. The second-order valence-electron chi connectivity index (χ2n) is 6.39. The molecule has 2 N–H and O–H groups in total. The summed E-state index contributed by atoms with van der Waals surface area (Å²) in [6, 6.07) is 18.3. The smallest absolute Gasteiger partial charge is 0.191 e. The number of para-hydroxylation sites is 1. The Morgan fingerprint density at radius 3 is 2.55 bits per heavy atom. The van der Waals surface area contributed by atoms with Crippen LogP contribution in [0.2, 0.25) is 0 Å². The quantitative estimate of drug-likeness (QED) is 0.278. The number of rotatable bonds is 8. The number of benzene rings is 2. The number of nitrogens with zero attached hydrogens (tertiary/aromatic N) is 3. The largest absolute Gasteiger partial charge is 0.496 e. The predicted molar refractivity (Wildman–Crippen MR) is 128 cm³/mol. The highest BCUT2D eigenvalue weighted by Crippen LogP contribution is 2.16. The molecule has 0 bridgehead atoms. The number of aromatic nitrogens is 2. The van der Waals surface area contributed by atoms with Crippen LogP contribution >= 0.6 is 24.0 Å². The Balaban J connectivity index is 0.00000300. The fourth-order valence-corrected chi connectivity index (χ4v) is 2.89. The van der Waals surface area contributed by atoms with E-state index in [9.17, 15) is 0 Å². The average Bonchev–Trinajstić information content (AvgIpc) is 3.18. The summed E-state index contributed by atoms with van der Waals surface area (Å²) in [4.78, 5) is 4.67. The van der Waals surface area contributed by atoms with Crippen LogP contribution < -0.4 is 15.4 Å². The molecule has 1 heterocycles. The zero-order chi connectivity index (χ0) is 19.6. The van der Waals surface area contributed by atoms with Crippen LogP contribution in [0.25, 0.3) is 0 Å². The SMILES string of the molecule is CCNC(=NCc1cnn(Cc2ccccc2)c1)NCc1ccccc1OC.I. The molecule has 0 atom stereocenters. The van der Waals surface area contributed by atoms with Crippen molar-refractivity contribution in [1.29, 1.82) is 0 Å². The molecule has 0 radical (unpaired) electrons. The molecule has 0 aliphatic rings. The molecule has 1 aromatic heterocycles. The minimum atomic E-state index is 0. The van der Waals surface area contributed by atoms with Gasteiger partial charge < -0.3 is 15.4 Å². The van der Waals surface area contributed by atoms with Crippen LogP contribution in [0.5, 0.6) is 5.75 Å². The van der Waals surface area contributed by atoms with E-state index in [2.05, 4.69) is 39.8 Å². The monoisotopic (exact) mass is 505 g/mol. The van der Waals surface area contributed by atoms with Gasteiger partial charge in [-0.1, -0.05) is 48.5 Å². The van der Waals surface area contributed by atoms with Gasteiger partial charge in [-0.05, 0) is 18.6 Å². The fourth-order valence-electron chi connectivity index (χ4n) is 2.89. The normalized spacial score (nSPS) is 10.9. The second-order valence-corrected chi connectivity index (χ2v) is 6.39. The van der Waals surface area contributed by atoms with Gasteiger partial charge in [0.1, 0.15) is 5.75 Å². The Morgan fingerprint density at radius 2 is 1.79 bits per heavy atom. The third-order valence-electron chi connectivity index (χ3n) is 4.28. The summed E-state index contributed by atoms with van der Waals surface area (Å²) in [5.41, 5.74) is 3.39. The number of nitrogens with one attached hydrogen (secondary N) is 2. The Morgan fingerprint density at radius 1 is 1.03 bits per heavy atom. The number of halogens is 1. The van der Waals surface area contributed by atoms with Crippen molar-refractivity contribution in [3.05, 3.63) is 83.7 Å². The van der Waals surface area contributed by atoms with Crippen LogP contribution in [0.15, 0.2) is 72.0 Å². The standard InChI is InChI=1S/C22H27N5O.HI/c1-3-23-22(25-15-20-11-7-8-12-21(20)28-2)24-13-19-14-26-27(17-19)16-18-9-5-4-6-10-18;/h4-12,14,17H,3,13,15-16H2,1-2H3,(H2,23,24,25);1H. The van der Waals surface area contributed by atoms with E-state index in [4.69, 9.17) is 4.74 Å². The number of guanidine groups is 1. The van der Waals surface area contributed by atoms with Crippen LogP contribution in [0.4, 0.5) is 0 Å². The Kier molecular flexibility index (Phi) is 9.49. The first-order chi connectivity index (χ1) is 13.8. The van der Waals surface area contributed by atoms with Gasteiger partial charge >= 0.3 is 0 Å². The van der Waals surface area contributed by atoms with Gasteiger partial charge in [-0.2, -0.15) is 5.10 Å². The highest BCUT2D eigenvalue weighted by molar-refractivity contribution is 14.0. The zero-order valence-corrected chi connectivity index (χ0v) is 19.2. The number of methoxy groups -OCH3 is 1. The van der Waals surface area contributed by atoms with Crippen molar-refractivity contribution in [1.82, 2.24) is 20.4 Å². The lowest BCUT2D eigenvalue weighted by atomic mass is 10.2. The van der Waals surface area contributed by atoms with Crippen LogP contribution in [0.1, 0.15) is 23.6 Å². The highest BCUT2D eigenvalue weighted by Gasteiger charge is 2.04. The van der Waals surface area contributed by atoms with Gasteiger partial charge in [-0.15, -0.1) is 24.0 Å². The molecule has 0 aliphatic heterocycles. The van der Waals surface area contributed by atoms with Gasteiger partial charge in [0.2, 0.25) is 0 Å². The van der Waals surface area contributed by atoms with Crippen molar-refractivity contribution in [2.45, 2.75) is 26.6 Å². The summed E-state index contributed by atoms with van der Waals surface area (Å²) in [5, 5.41) is 11.1. The van der Waals surface area contributed by atoms with Gasteiger partial charge in [0.25, 0.3) is 0 Å². The van der Waals surface area contributed by atoms with E-state index in [1.165, 1.54) is 5.56 Å². The maximum absolute atomic E-state index is 5.41. The van der Waals surface area contributed by atoms with Gasteiger partial charge in [-0.3, -0.25) is 4.68 Å². The van der Waals surface area contributed by atoms with Crippen molar-refractivity contribution in [2.75, 3.05) is 13.7 Å². The molecule has 0 saturated carbocycles. The van der Waals surface area contributed by atoms with Crippen LogP contribution in [0, 0.1) is 0 Å². The molecule has 3 aromatic rings. The number of aliphatic imine (C=N–C) groups is 1. The molecule has 0 spiro atoms. The molecule has 0 saturated heterocycles. The van der Waals surface area contributed by atoms with E-state index in [0.717, 1.165) is 35.9 Å². The maximum atomic E-state index is 5.41. The third kappa shape index (κ3) is 7.08. The van der Waals surface area contributed by atoms with Crippen LogP contribution in [-0.4, -0.2) is 29.4 Å². The second kappa shape index (κ2) is 12.1. The number of ether oxygens (including phenoxy) is 1. The van der Waals surface area contributed by atoms with E-state index >= 15 is 0 Å². The first-order valence-corrected chi connectivity index (χ1v) is 9.48. The van der Waals surface area contributed by atoms with Crippen molar-refractivity contribution < 1.29 is 4.74 Å². The third-order valence-corrected chi connectivity index (χ3v) is 4.28. The molecular weight excluding hydrogens is 477 g/mol. The molecule has 29 heavy (non-hydrogen) atoms. The van der Waals surface area contributed by atoms with E-state index in [-0.39, 0.29) is 24.0 Å². The molecule has 7 heteroatoms. The number of hydrogen-bond donors (Lipinski definition) is 2. The molecule has 0 aliphatic carbocycles. The summed E-state index contributed by atoms with van der Waals surface area (Å²) in [6.07, 6.45) is 3.91. The van der Waals surface area contributed by atoms with Crippen molar-refractivity contribution >= 4 is 29.9 Å². The van der Waals surface area contributed by atoms with Crippen LogP contribution in [0.3, 0.4) is 0 Å². The molecule has 0 amide bonds. The van der Waals surface area contributed by atoms with Crippen molar-refractivity contribution in [2.24, 2.45) is 4.99 Å². The summed E-state index contributed by atoms with van der Waals surface area (Å²) >= 11 is 0. The minimum Gasteiger partial charge on any atom is -0.496 e. The topological polar surface area (TPSA) is 63.5 Å². The van der Waals surface area contributed by atoms with Gasteiger partial charge in [-0.25, -0.2) is 4.99 Å². The fraction of sp³-hybridized carbons (Fsp3) is 0.273. The number of hydrogen-bond acceptors (Lipinski definition) is 3. The molecule has 0 fully saturated rings. The summed E-state index contributed by atoms with van der Waals surface area (Å²) in [6.45, 7) is 4.82. The van der Waals surface area contributed by atoms with Gasteiger partial charge in [0.05, 0.1) is 26.4 Å². The summed E-state index contributed by atoms with van der Waals surface area (Å²) in [7, 11) is 1.69.